The molecule has 0 aliphatic carbocycles. The van der Waals surface area contributed by atoms with Crippen molar-refractivity contribution in [1.82, 2.24) is 19.7 Å². The Morgan fingerprint density at radius 3 is 2.41 bits per heavy atom. The lowest BCUT2D eigenvalue weighted by Gasteiger charge is -2.14. The van der Waals surface area contributed by atoms with Gasteiger partial charge in [0, 0.05) is 11.9 Å². The summed E-state index contributed by atoms with van der Waals surface area (Å²) in [6.45, 7) is 5.32. The number of aryl methyl sites for hydroxylation is 2. The molecule has 4 rings (SSSR count). The summed E-state index contributed by atoms with van der Waals surface area (Å²) in [5, 5.41) is 5.24. The molecule has 0 bridgehead atoms. The molecular weight excluding hydrogens is 488 g/mol. The van der Waals surface area contributed by atoms with E-state index in [1.807, 2.05) is 13.0 Å². The molecule has 0 saturated heterocycles. The number of benzene rings is 1. The molecule has 0 fully saturated rings. The molecule has 0 aliphatic heterocycles. The van der Waals surface area contributed by atoms with Gasteiger partial charge in [-0.2, -0.15) is 18.3 Å². The van der Waals surface area contributed by atoms with Crippen LogP contribution in [0.2, 0.25) is 10.0 Å². The number of hydrogen-bond acceptors (Lipinski definition) is 4. The summed E-state index contributed by atoms with van der Waals surface area (Å²) >= 11 is 12.3. The smallest absolute Gasteiger partial charge is 0.285 e. The highest BCUT2D eigenvalue weighted by Crippen LogP contribution is 2.28. The Kier molecular flexibility index (Phi) is 6.22. The van der Waals surface area contributed by atoms with Gasteiger partial charge >= 0.3 is 6.18 Å². The van der Waals surface area contributed by atoms with Gasteiger partial charge in [-0.25, -0.2) is 9.67 Å². The summed E-state index contributed by atoms with van der Waals surface area (Å²) in [5.41, 5.74) is 2.34. The first kappa shape index (κ1) is 23.9. The maximum absolute atomic E-state index is 13.3. The van der Waals surface area contributed by atoms with Gasteiger partial charge in [0.25, 0.3) is 0 Å². The normalized spacial score (nSPS) is 12.4. The van der Waals surface area contributed by atoms with Gasteiger partial charge in [0.05, 0.1) is 21.2 Å². The fourth-order valence-corrected chi connectivity index (χ4v) is 3.67. The molecule has 0 unspecified atom stereocenters. The van der Waals surface area contributed by atoms with E-state index >= 15 is 0 Å². The molecule has 0 spiro atoms. The average molecular weight is 505 g/mol. The van der Waals surface area contributed by atoms with Crippen LogP contribution in [0.4, 0.5) is 13.2 Å². The van der Waals surface area contributed by atoms with E-state index in [-0.39, 0.29) is 11.2 Å². The number of allylic oxidation sites excluding steroid dienone is 1. The van der Waals surface area contributed by atoms with E-state index in [2.05, 4.69) is 15.1 Å². The number of alkyl halides is 3. The highest BCUT2D eigenvalue weighted by Gasteiger charge is 2.32. The van der Waals surface area contributed by atoms with Crippen LogP contribution >= 0.6 is 23.2 Å². The fraction of sp³-hybridized carbons (Fsp3) is 0.167. The van der Waals surface area contributed by atoms with E-state index < -0.39 is 17.3 Å². The predicted molar refractivity (Wildman–Crippen MR) is 127 cm³/mol. The van der Waals surface area contributed by atoms with Gasteiger partial charge in [-0.3, -0.25) is 9.78 Å². The summed E-state index contributed by atoms with van der Waals surface area (Å²) in [6, 6.07) is 8.94. The highest BCUT2D eigenvalue weighted by atomic mass is 35.5. The molecule has 1 aromatic carbocycles. The topological polar surface area (TPSA) is 60.7 Å². The van der Waals surface area contributed by atoms with E-state index in [1.54, 1.807) is 42.8 Å². The quantitative estimate of drug-likeness (QED) is 0.312. The zero-order valence-corrected chi connectivity index (χ0v) is 19.7. The summed E-state index contributed by atoms with van der Waals surface area (Å²) in [7, 11) is 0. The van der Waals surface area contributed by atoms with Crippen molar-refractivity contribution in [2.75, 3.05) is 0 Å². The molecular formula is C24H17Cl2F3N4O. The Morgan fingerprint density at radius 1 is 1.06 bits per heavy atom. The lowest BCUT2D eigenvalue weighted by Crippen LogP contribution is -2.19. The zero-order chi connectivity index (χ0) is 24.8. The molecule has 34 heavy (non-hydrogen) atoms. The van der Waals surface area contributed by atoms with Gasteiger partial charge in [0.1, 0.15) is 16.9 Å². The number of hydrogen-bond donors (Lipinski definition) is 0. The van der Waals surface area contributed by atoms with Gasteiger partial charge in [-0.05, 0) is 73.9 Å². The van der Waals surface area contributed by atoms with Crippen LogP contribution in [0.1, 0.15) is 35.1 Å². The Morgan fingerprint density at radius 2 is 1.79 bits per heavy atom. The van der Waals surface area contributed by atoms with E-state index in [9.17, 15) is 18.0 Å². The van der Waals surface area contributed by atoms with Crippen LogP contribution < -0.4 is 5.43 Å². The van der Waals surface area contributed by atoms with Crippen LogP contribution in [0, 0.1) is 13.8 Å². The summed E-state index contributed by atoms with van der Waals surface area (Å²) in [4.78, 5) is 21.3. The van der Waals surface area contributed by atoms with E-state index in [4.69, 9.17) is 23.2 Å². The molecule has 0 amide bonds. The predicted octanol–water partition coefficient (Wildman–Crippen LogP) is 6.68. The molecule has 3 aromatic heterocycles. The summed E-state index contributed by atoms with van der Waals surface area (Å²) < 4.78 is 40.0. The van der Waals surface area contributed by atoms with Gasteiger partial charge < -0.3 is 0 Å². The minimum atomic E-state index is -4.54. The van der Waals surface area contributed by atoms with Crippen LogP contribution in [0.3, 0.4) is 0 Å². The van der Waals surface area contributed by atoms with Crippen molar-refractivity contribution in [3.05, 3.63) is 91.1 Å². The molecule has 10 heteroatoms. The monoisotopic (exact) mass is 504 g/mol. The van der Waals surface area contributed by atoms with Crippen LogP contribution in [-0.4, -0.2) is 19.7 Å². The minimum absolute atomic E-state index is 0.0919. The molecule has 0 radical (unpaired) electrons. The third kappa shape index (κ3) is 4.56. The Labute approximate surface area is 202 Å². The van der Waals surface area contributed by atoms with Crippen LogP contribution in [-0.2, 0) is 6.18 Å². The Bertz CT molecular complexity index is 1510. The van der Waals surface area contributed by atoms with Gasteiger partial charge in [0.2, 0.25) is 5.43 Å². The van der Waals surface area contributed by atoms with E-state index in [0.717, 1.165) is 17.8 Å². The van der Waals surface area contributed by atoms with Crippen molar-refractivity contribution in [3.8, 4) is 5.69 Å². The first-order valence-corrected chi connectivity index (χ1v) is 10.8. The van der Waals surface area contributed by atoms with Crippen molar-refractivity contribution in [1.29, 1.82) is 0 Å². The number of aromatic nitrogens is 4. The highest BCUT2D eigenvalue weighted by molar-refractivity contribution is 6.42. The lowest BCUT2D eigenvalue weighted by molar-refractivity contribution is -0.141. The minimum Gasteiger partial charge on any atom is -0.285 e. The largest absolute Gasteiger partial charge is 0.433 e. The number of pyridine rings is 2. The second-order valence-electron chi connectivity index (χ2n) is 7.75. The van der Waals surface area contributed by atoms with Crippen LogP contribution in [0.25, 0.3) is 28.4 Å². The second kappa shape index (κ2) is 8.85. The average Bonchev–Trinajstić information content (AvgIpc) is 2.77. The lowest BCUT2D eigenvalue weighted by atomic mass is 10.1. The van der Waals surface area contributed by atoms with Crippen molar-refractivity contribution in [2.45, 2.75) is 26.9 Å². The van der Waals surface area contributed by atoms with Crippen LogP contribution in [0.5, 0.6) is 0 Å². The van der Waals surface area contributed by atoms with Crippen molar-refractivity contribution in [2.24, 2.45) is 0 Å². The third-order valence-corrected chi connectivity index (χ3v) is 6.02. The third-order valence-electron chi connectivity index (χ3n) is 5.29. The first-order valence-electron chi connectivity index (χ1n) is 10.0. The van der Waals surface area contributed by atoms with E-state index in [1.165, 1.54) is 6.07 Å². The molecule has 174 valence electrons. The molecule has 0 atom stereocenters. The number of rotatable bonds is 3. The second-order valence-corrected chi connectivity index (χ2v) is 8.56. The van der Waals surface area contributed by atoms with Gasteiger partial charge in [-0.15, -0.1) is 0 Å². The van der Waals surface area contributed by atoms with Gasteiger partial charge in [0.15, 0.2) is 0 Å². The van der Waals surface area contributed by atoms with Gasteiger partial charge in [-0.1, -0.05) is 29.3 Å². The maximum Gasteiger partial charge on any atom is 0.433 e. The first-order chi connectivity index (χ1) is 16.0. The molecule has 0 aliphatic rings. The van der Waals surface area contributed by atoms with Crippen molar-refractivity contribution >= 4 is 45.9 Å². The molecule has 3 heterocycles. The summed E-state index contributed by atoms with van der Waals surface area (Å²) in [6.07, 6.45) is -1.90. The Hall–Kier alpha value is -3.23. The molecule has 4 aromatic rings. The Balaban J connectivity index is 1.93. The summed E-state index contributed by atoms with van der Waals surface area (Å²) in [5.74, 6) is 0. The zero-order valence-electron chi connectivity index (χ0n) is 18.2. The fourth-order valence-electron chi connectivity index (χ4n) is 3.38. The molecule has 0 N–H and O–H groups in total. The van der Waals surface area contributed by atoms with Crippen LogP contribution in [0.15, 0.2) is 47.4 Å². The number of fused-ring (bicyclic) bond motifs is 1. The standard InChI is InChI=1S/C24H17Cl2F3N4O/c1-12-9-19-22(31-14(12)3)23(34)21(32-33(19)16-5-6-17(25)18(26)10-16)13(2)8-15-4-7-20(30-11-15)24(27,28)29/h4-11H,1-3H3/b13-8+. The SMILES string of the molecule is C/C(=C\c1ccc(C(F)(F)F)nc1)c1nn(-c2ccc(Cl)c(Cl)c2)c2cc(C)c(C)nc2c1=O. The number of nitrogens with zero attached hydrogens (tertiary/aromatic N) is 4. The van der Waals surface area contributed by atoms with E-state index in [0.29, 0.717) is 38.1 Å². The molecule has 0 saturated carbocycles. The van der Waals surface area contributed by atoms with Crippen molar-refractivity contribution in [3.63, 3.8) is 0 Å². The maximum atomic E-state index is 13.3. The molecule has 5 nitrogen and oxygen atoms in total. The number of halogens is 5. The van der Waals surface area contributed by atoms with Crippen molar-refractivity contribution < 1.29 is 13.2 Å².